The van der Waals surface area contributed by atoms with Crippen LogP contribution in [0.2, 0.25) is 0 Å². The summed E-state index contributed by atoms with van der Waals surface area (Å²) >= 11 is 0. The molecule has 142 valence electrons. The average Bonchev–Trinajstić information content (AvgIpc) is 2.69. The standard InChI is InChI=1S/C22H26N2O3/c1-16-8-9-20(14-17(16)2)27-15-21(25)23-19-10-12-24(13-11-19)22(26)18-6-4-3-5-7-18/h3-9,14,19H,10-13,15H2,1-2H3,(H,23,25). The second kappa shape index (κ2) is 8.71. The summed E-state index contributed by atoms with van der Waals surface area (Å²) in [5.74, 6) is 0.635. The molecule has 2 aromatic carbocycles. The molecule has 2 amide bonds. The van der Waals surface area contributed by atoms with E-state index in [4.69, 9.17) is 4.74 Å². The highest BCUT2D eigenvalue weighted by atomic mass is 16.5. The Balaban J connectivity index is 1.42. The molecule has 3 rings (SSSR count). The van der Waals surface area contributed by atoms with Crippen molar-refractivity contribution >= 4 is 11.8 Å². The number of hydrogen-bond donors (Lipinski definition) is 1. The molecular weight excluding hydrogens is 340 g/mol. The minimum atomic E-state index is -0.124. The maximum absolute atomic E-state index is 12.5. The molecular formula is C22H26N2O3. The van der Waals surface area contributed by atoms with E-state index in [0.717, 1.165) is 18.4 Å². The predicted octanol–water partition coefficient (Wildman–Crippen LogP) is 3.10. The topological polar surface area (TPSA) is 58.6 Å². The highest BCUT2D eigenvalue weighted by molar-refractivity contribution is 5.94. The molecule has 1 aliphatic rings. The van der Waals surface area contributed by atoms with Gasteiger partial charge in [-0.3, -0.25) is 9.59 Å². The molecule has 1 fully saturated rings. The Morgan fingerprint density at radius 1 is 1.04 bits per heavy atom. The Bertz CT molecular complexity index is 796. The largest absolute Gasteiger partial charge is 0.484 e. The molecule has 1 N–H and O–H groups in total. The van der Waals surface area contributed by atoms with E-state index in [-0.39, 0.29) is 24.5 Å². The summed E-state index contributed by atoms with van der Waals surface area (Å²) in [6.07, 6.45) is 1.52. The predicted molar refractivity (Wildman–Crippen MR) is 105 cm³/mol. The molecule has 0 radical (unpaired) electrons. The monoisotopic (exact) mass is 366 g/mol. The van der Waals surface area contributed by atoms with Crippen molar-refractivity contribution in [1.82, 2.24) is 10.2 Å². The second-order valence-corrected chi connectivity index (χ2v) is 7.03. The first-order chi connectivity index (χ1) is 13.0. The van der Waals surface area contributed by atoms with Crippen molar-refractivity contribution in [3.05, 3.63) is 65.2 Å². The van der Waals surface area contributed by atoms with E-state index in [1.165, 1.54) is 5.56 Å². The Labute approximate surface area is 160 Å². The minimum Gasteiger partial charge on any atom is -0.484 e. The first kappa shape index (κ1) is 19.0. The Morgan fingerprint density at radius 2 is 1.74 bits per heavy atom. The van der Waals surface area contributed by atoms with Crippen LogP contribution in [0, 0.1) is 13.8 Å². The van der Waals surface area contributed by atoms with Gasteiger partial charge in [-0.25, -0.2) is 0 Å². The van der Waals surface area contributed by atoms with Gasteiger partial charge >= 0.3 is 0 Å². The molecule has 2 aromatic rings. The third-order valence-corrected chi connectivity index (χ3v) is 5.02. The number of hydrogen-bond acceptors (Lipinski definition) is 3. The normalized spacial score (nSPS) is 14.7. The number of amides is 2. The number of nitrogens with one attached hydrogen (secondary N) is 1. The van der Waals surface area contributed by atoms with Gasteiger partial charge in [0.1, 0.15) is 5.75 Å². The van der Waals surface area contributed by atoms with Crippen molar-refractivity contribution in [3.8, 4) is 5.75 Å². The van der Waals surface area contributed by atoms with Crippen molar-refractivity contribution in [1.29, 1.82) is 0 Å². The maximum Gasteiger partial charge on any atom is 0.258 e. The Hall–Kier alpha value is -2.82. The fourth-order valence-corrected chi connectivity index (χ4v) is 3.21. The number of nitrogens with zero attached hydrogens (tertiary/aromatic N) is 1. The number of carbonyl (C=O) groups is 2. The van der Waals surface area contributed by atoms with Gasteiger partial charge in [0.2, 0.25) is 0 Å². The van der Waals surface area contributed by atoms with E-state index in [1.54, 1.807) is 0 Å². The summed E-state index contributed by atoms with van der Waals surface area (Å²) in [6.45, 7) is 5.37. The number of aryl methyl sites for hydroxylation is 2. The van der Waals surface area contributed by atoms with Crippen LogP contribution in [0.4, 0.5) is 0 Å². The van der Waals surface area contributed by atoms with Crippen molar-refractivity contribution in [3.63, 3.8) is 0 Å². The Kier molecular flexibility index (Phi) is 6.12. The van der Waals surface area contributed by atoms with Crippen molar-refractivity contribution in [2.75, 3.05) is 19.7 Å². The van der Waals surface area contributed by atoms with Gasteiger partial charge in [0, 0.05) is 24.7 Å². The van der Waals surface area contributed by atoms with Gasteiger partial charge < -0.3 is 15.0 Å². The van der Waals surface area contributed by atoms with E-state index >= 15 is 0 Å². The van der Waals surface area contributed by atoms with Crippen LogP contribution in [0.1, 0.15) is 34.3 Å². The van der Waals surface area contributed by atoms with Crippen LogP contribution in [0.3, 0.4) is 0 Å². The second-order valence-electron chi connectivity index (χ2n) is 7.03. The SMILES string of the molecule is Cc1ccc(OCC(=O)NC2CCN(C(=O)c3ccccc3)CC2)cc1C. The highest BCUT2D eigenvalue weighted by Gasteiger charge is 2.24. The lowest BCUT2D eigenvalue weighted by Gasteiger charge is -2.32. The van der Waals surface area contributed by atoms with Crippen LogP contribution in [-0.4, -0.2) is 42.5 Å². The quantitative estimate of drug-likeness (QED) is 0.885. The summed E-state index contributed by atoms with van der Waals surface area (Å²) in [7, 11) is 0. The number of piperidine rings is 1. The van der Waals surface area contributed by atoms with Crippen molar-refractivity contribution < 1.29 is 14.3 Å². The van der Waals surface area contributed by atoms with E-state index in [2.05, 4.69) is 5.32 Å². The summed E-state index contributed by atoms with van der Waals surface area (Å²) < 4.78 is 5.59. The number of rotatable bonds is 5. The van der Waals surface area contributed by atoms with E-state index in [0.29, 0.717) is 24.4 Å². The van der Waals surface area contributed by atoms with Gasteiger partial charge in [0.05, 0.1) is 0 Å². The van der Waals surface area contributed by atoms with E-state index in [1.807, 2.05) is 67.3 Å². The molecule has 27 heavy (non-hydrogen) atoms. The number of likely N-dealkylation sites (tertiary alicyclic amines) is 1. The zero-order valence-electron chi connectivity index (χ0n) is 15.9. The molecule has 0 aromatic heterocycles. The van der Waals surface area contributed by atoms with Gasteiger partial charge in [0.25, 0.3) is 11.8 Å². The van der Waals surface area contributed by atoms with Crippen LogP contribution in [0.5, 0.6) is 5.75 Å². The van der Waals surface area contributed by atoms with Gasteiger partial charge in [-0.15, -0.1) is 0 Å². The molecule has 0 unspecified atom stereocenters. The van der Waals surface area contributed by atoms with Crippen LogP contribution in [-0.2, 0) is 4.79 Å². The molecule has 0 spiro atoms. The van der Waals surface area contributed by atoms with Gasteiger partial charge in [-0.05, 0) is 62.1 Å². The molecule has 5 nitrogen and oxygen atoms in total. The van der Waals surface area contributed by atoms with Gasteiger partial charge in [0.15, 0.2) is 6.61 Å². The fraction of sp³-hybridized carbons (Fsp3) is 0.364. The zero-order chi connectivity index (χ0) is 19.2. The lowest BCUT2D eigenvalue weighted by Crippen LogP contribution is -2.47. The Morgan fingerprint density at radius 3 is 2.41 bits per heavy atom. The maximum atomic E-state index is 12.5. The lowest BCUT2D eigenvalue weighted by molar-refractivity contribution is -0.124. The molecule has 0 bridgehead atoms. The smallest absolute Gasteiger partial charge is 0.258 e. The first-order valence-electron chi connectivity index (χ1n) is 9.36. The van der Waals surface area contributed by atoms with Crippen LogP contribution >= 0.6 is 0 Å². The zero-order valence-corrected chi connectivity index (χ0v) is 15.9. The summed E-state index contributed by atoms with van der Waals surface area (Å²) in [4.78, 5) is 26.5. The van der Waals surface area contributed by atoms with Crippen molar-refractivity contribution in [2.45, 2.75) is 32.7 Å². The number of carbonyl (C=O) groups excluding carboxylic acids is 2. The molecule has 0 atom stereocenters. The molecule has 1 heterocycles. The van der Waals surface area contributed by atoms with Crippen LogP contribution < -0.4 is 10.1 Å². The molecule has 1 saturated heterocycles. The third-order valence-electron chi connectivity index (χ3n) is 5.02. The first-order valence-corrected chi connectivity index (χ1v) is 9.36. The fourth-order valence-electron chi connectivity index (χ4n) is 3.21. The minimum absolute atomic E-state index is 0.00562. The molecule has 0 saturated carbocycles. The van der Waals surface area contributed by atoms with Gasteiger partial charge in [-0.1, -0.05) is 24.3 Å². The average molecular weight is 366 g/mol. The van der Waals surface area contributed by atoms with Crippen LogP contribution in [0.25, 0.3) is 0 Å². The molecule has 1 aliphatic heterocycles. The number of benzene rings is 2. The highest BCUT2D eigenvalue weighted by Crippen LogP contribution is 2.17. The molecule has 5 heteroatoms. The van der Waals surface area contributed by atoms with E-state index in [9.17, 15) is 9.59 Å². The lowest BCUT2D eigenvalue weighted by atomic mass is 10.0. The van der Waals surface area contributed by atoms with Gasteiger partial charge in [-0.2, -0.15) is 0 Å². The van der Waals surface area contributed by atoms with Crippen LogP contribution in [0.15, 0.2) is 48.5 Å². The summed E-state index contributed by atoms with van der Waals surface area (Å²) in [6, 6.07) is 15.2. The van der Waals surface area contributed by atoms with Crippen molar-refractivity contribution in [2.24, 2.45) is 0 Å². The molecule has 0 aliphatic carbocycles. The summed E-state index contributed by atoms with van der Waals surface area (Å²) in [5, 5.41) is 3.01. The summed E-state index contributed by atoms with van der Waals surface area (Å²) in [5.41, 5.74) is 3.05. The third kappa shape index (κ3) is 5.09. The van der Waals surface area contributed by atoms with E-state index < -0.39 is 0 Å². The number of ether oxygens (including phenoxy) is 1.